The maximum Gasteiger partial charge on any atom is 0.362 e. The molecule has 0 fully saturated rings. The summed E-state index contributed by atoms with van der Waals surface area (Å²) in [6.45, 7) is 4.67. The van der Waals surface area contributed by atoms with Crippen LogP contribution in [0.15, 0.2) is 12.2 Å². The fourth-order valence-corrected chi connectivity index (χ4v) is 6.70. The average Bonchev–Trinajstić information content (AvgIpc) is 3.11. The van der Waals surface area contributed by atoms with E-state index in [1.807, 2.05) is 27.2 Å². The summed E-state index contributed by atoms with van der Waals surface area (Å²) in [5.74, 6) is -1.52. The van der Waals surface area contributed by atoms with Gasteiger partial charge in [-0.2, -0.15) is 0 Å². The first-order chi connectivity index (χ1) is 25.6. The molecule has 0 radical (unpaired) electrons. The van der Waals surface area contributed by atoms with Crippen molar-refractivity contribution in [3.63, 3.8) is 0 Å². The van der Waals surface area contributed by atoms with Gasteiger partial charge in [0.2, 0.25) is 0 Å². The van der Waals surface area contributed by atoms with Crippen LogP contribution in [0, 0.1) is 0 Å². The first-order valence-electron chi connectivity index (χ1n) is 22.2. The largest absolute Gasteiger partial charge is 0.477 e. The third kappa shape index (κ3) is 35.5. The number of esters is 2. The molecule has 0 aromatic rings. The standard InChI is InChI=1S/C45H85NO7/c1-6-8-10-12-14-16-17-18-19-20-21-22-23-24-25-26-27-28-30-31-33-35-43(47)52-40-41(39-51-38-37-42(45(49)50)46(3,4)5)53-44(48)36-34-32-29-15-13-11-9-7-2/h29,32,41-42H,6-28,30-31,33-40H2,1-5H3/p+1/b32-29+. The van der Waals surface area contributed by atoms with Crippen LogP contribution in [0.1, 0.15) is 206 Å². The minimum atomic E-state index is -0.878. The zero-order chi connectivity index (χ0) is 39.3. The molecule has 0 aromatic heterocycles. The van der Waals surface area contributed by atoms with Crippen LogP contribution in [0.4, 0.5) is 0 Å². The number of carboxylic acid groups (broad SMARTS) is 1. The highest BCUT2D eigenvalue weighted by atomic mass is 16.6. The summed E-state index contributed by atoms with van der Waals surface area (Å²) in [6, 6.07) is -0.614. The van der Waals surface area contributed by atoms with Crippen molar-refractivity contribution in [2.24, 2.45) is 0 Å². The lowest BCUT2D eigenvalue weighted by molar-refractivity contribution is -0.887. The Bertz CT molecular complexity index is 885. The number of hydrogen-bond acceptors (Lipinski definition) is 6. The molecule has 0 aromatic carbocycles. The molecule has 0 bridgehead atoms. The molecule has 0 aliphatic carbocycles. The fourth-order valence-electron chi connectivity index (χ4n) is 6.70. The minimum absolute atomic E-state index is 0.0507. The van der Waals surface area contributed by atoms with Crippen LogP contribution >= 0.6 is 0 Å². The minimum Gasteiger partial charge on any atom is -0.477 e. The van der Waals surface area contributed by atoms with Crippen LogP contribution < -0.4 is 0 Å². The first kappa shape index (κ1) is 51.1. The molecule has 2 unspecified atom stereocenters. The van der Waals surface area contributed by atoms with Crippen LogP contribution in [0.5, 0.6) is 0 Å². The molecule has 0 saturated heterocycles. The number of rotatable bonds is 40. The van der Waals surface area contributed by atoms with Gasteiger partial charge in [-0.05, 0) is 25.7 Å². The number of carbonyl (C=O) groups is 3. The fraction of sp³-hybridized carbons (Fsp3) is 0.889. The van der Waals surface area contributed by atoms with Gasteiger partial charge in [-0.15, -0.1) is 0 Å². The van der Waals surface area contributed by atoms with Gasteiger partial charge in [0.1, 0.15) is 6.61 Å². The Morgan fingerprint density at radius 1 is 0.547 bits per heavy atom. The summed E-state index contributed by atoms with van der Waals surface area (Å²) in [4.78, 5) is 36.8. The number of aliphatic carboxylic acids is 1. The molecule has 0 aliphatic rings. The molecule has 53 heavy (non-hydrogen) atoms. The average molecular weight is 753 g/mol. The van der Waals surface area contributed by atoms with E-state index >= 15 is 0 Å². The summed E-state index contributed by atoms with van der Waals surface area (Å²) in [5.41, 5.74) is 0. The van der Waals surface area contributed by atoms with Crippen LogP contribution in [-0.2, 0) is 28.6 Å². The molecule has 0 amide bonds. The topological polar surface area (TPSA) is 99.1 Å². The van der Waals surface area contributed by atoms with Crippen molar-refractivity contribution in [2.75, 3.05) is 41.0 Å². The molecular formula is C45H86NO7+. The smallest absolute Gasteiger partial charge is 0.362 e. The van der Waals surface area contributed by atoms with E-state index in [9.17, 15) is 19.5 Å². The van der Waals surface area contributed by atoms with Crippen molar-refractivity contribution in [1.29, 1.82) is 0 Å². The molecule has 0 saturated carbocycles. The van der Waals surface area contributed by atoms with Crippen LogP contribution in [0.2, 0.25) is 0 Å². The van der Waals surface area contributed by atoms with Gasteiger partial charge in [0.25, 0.3) is 0 Å². The summed E-state index contributed by atoms with van der Waals surface area (Å²) in [6.07, 6.45) is 38.6. The van der Waals surface area contributed by atoms with E-state index in [0.717, 1.165) is 32.1 Å². The highest BCUT2D eigenvalue weighted by Crippen LogP contribution is 2.16. The summed E-state index contributed by atoms with van der Waals surface area (Å²) in [7, 11) is 5.51. The highest BCUT2D eigenvalue weighted by molar-refractivity contribution is 5.72. The van der Waals surface area contributed by atoms with Gasteiger partial charge in [0, 0.05) is 19.3 Å². The van der Waals surface area contributed by atoms with E-state index in [2.05, 4.69) is 19.9 Å². The van der Waals surface area contributed by atoms with Gasteiger partial charge in [-0.1, -0.05) is 174 Å². The normalized spacial score (nSPS) is 13.0. The Balaban J connectivity index is 4.13. The van der Waals surface area contributed by atoms with Crippen molar-refractivity contribution in [3.8, 4) is 0 Å². The predicted octanol–water partition coefficient (Wildman–Crippen LogP) is 11.9. The van der Waals surface area contributed by atoms with E-state index in [4.69, 9.17) is 14.2 Å². The maximum atomic E-state index is 12.6. The Hall–Kier alpha value is -1.93. The number of nitrogens with zero attached hydrogens (tertiary/aromatic N) is 1. The van der Waals surface area contributed by atoms with Gasteiger partial charge in [-0.3, -0.25) is 9.59 Å². The molecule has 8 heteroatoms. The Morgan fingerprint density at radius 2 is 0.981 bits per heavy atom. The van der Waals surface area contributed by atoms with Crippen molar-refractivity contribution in [3.05, 3.63) is 12.2 Å². The number of likely N-dealkylation sites (N-methyl/N-ethyl adjacent to an activating group) is 1. The number of carboxylic acids is 1. The Kier molecular flexibility index (Phi) is 35.7. The van der Waals surface area contributed by atoms with Crippen molar-refractivity contribution < 1.29 is 38.2 Å². The van der Waals surface area contributed by atoms with Gasteiger partial charge in [0.15, 0.2) is 12.1 Å². The second kappa shape index (κ2) is 37.0. The molecule has 8 nitrogen and oxygen atoms in total. The van der Waals surface area contributed by atoms with E-state index in [-0.39, 0.29) is 42.7 Å². The number of hydrogen-bond donors (Lipinski definition) is 1. The number of quaternary nitrogens is 1. The van der Waals surface area contributed by atoms with Crippen molar-refractivity contribution in [2.45, 2.75) is 219 Å². The lowest BCUT2D eigenvalue weighted by atomic mass is 10.0. The highest BCUT2D eigenvalue weighted by Gasteiger charge is 2.31. The number of allylic oxidation sites excluding steroid dienone is 2. The lowest BCUT2D eigenvalue weighted by Crippen LogP contribution is -2.50. The molecule has 1 N–H and O–H groups in total. The number of ether oxygens (including phenoxy) is 3. The van der Waals surface area contributed by atoms with Crippen molar-refractivity contribution in [1.82, 2.24) is 0 Å². The van der Waals surface area contributed by atoms with Crippen LogP contribution in [-0.4, -0.2) is 80.6 Å². The number of carbonyl (C=O) groups excluding carboxylic acids is 2. The van der Waals surface area contributed by atoms with E-state index in [0.29, 0.717) is 19.3 Å². The van der Waals surface area contributed by atoms with Crippen LogP contribution in [0.3, 0.4) is 0 Å². The molecule has 0 rings (SSSR count). The molecule has 2 atom stereocenters. The van der Waals surface area contributed by atoms with Crippen molar-refractivity contribution >= 4 is 17.9 Å². The third-order valence-electron chi connectivity index (χ3n) is 10.2. The Morgan fingerprint density at radius 3 is 1.43 bits per heavy atom. The Labute approximate surface area is 327 Å². The van der Waals surface area contributed by atoms with Crippen LogP contribution in [0.25, 0.3) is 0 Å². The molecule has 0 spiro atoms. The van der Waals surface area contributed by atoms with Gasteiger partial charge in [-0.25, -0.2) is 4.79 Å². The quantitative estimate of drug-likeness (QED) is 0.0288. The van der Waals surface area contributed by atoms with Gasteiger partial charge < -0.3 is 23.8 Å². The SMILES string of the molecule is CCCCCC/C=C/CCC(=O)OC(COCCC(C(=O)O)[N+](C)(C)C)COC(=O)CCCCCCCCCCCCCCCCCCCCCCC. The summed E-state index contributed by atoms with van der Waals surface area (Å²) in [5, 5.41) is 9.59. The number of unbranched alkanes of at least 4 members (excludes halogenated alkanes) is 24. The van der Waals surface area contributed by atoms with Gasteiger partial charge >= 0.3 is 17.9 Å². The molecule has 312 valence electrons. The molecule has 0 heterocycles. The molecule has 0 aliphatic heterocycles. The second-order valence-corrected chi connectivity index (χ2v) is 16.3. The second-order valence-electron chi connectivity index (χ2n) is 16.3. The van der Waals surface area contributed by atoms with Gasteiger partial charge in [0.05, 0.1) is 34.4 Å². The summed E-state index contributed by atoms with van der Waals surface area (Å²) >= 11 is 0. The zero-order valence-corrected chi connectivity index (χ0v) is 35.5. The molecular weight excluding hydrogens is 666 g/mol. The van der Waals surface area contributed by atoms with E-state index in [1.165, 1.54) is 135 Å². The third-order valence-corrected chi connectivity index (χ3v) is 10.2. The lowest BCUT2D eigenvalue weighted by Gasteiger charge is -2.31. The predicted molar refractivity (Wildman–Crippen MR) is 220 cm³/mol. The zero-order valence-electron chi connectivity index (χ0n) is 35.5. The maximum absolute atomic E-state index is 12.6. The van der Waals surface area contributed by atoms with E-state index < -0.39 is 18.1 Å². The van der Waals surface area contributed by atoms with E-state index in [1.54, 1.807) is 0 Å². The monoisotopic (exact) mass is 753 g/mol. The summed E-state index contributed by atoms with van der Waals surface area (Å²) < 4.78 is 17.2. The first-order valence-corrected chi connectivity index (χ1v) is 22.2.